The summed E-state index contributed by atoms with van der Waals surface area (Å²) >= 11 is 1.56. The molecule has 1 spiro atoms. The smallest absolute Gasteiger partial charge is 0.258 e. The van der Waals surface area contributed by atoms with E-state index in [-0.39, 0.29) is 19.1 Å². The van der Waals surface area contributed by atoms with Crippen molar-refractivity contribution in [2.24, 2.45) is 5.41 Å². The number of hydrogen-bond donors (Lipinski definition) is 4. The van der Waals surface area contributed by atoms with Gasteiger partial charge in [0.15, 0.2) is 6.61 Å². The normalized spacial score (nSPS) is 24.8. The molecule has 12 nitrogen and oxygen atoms in total. The van der Waals surface area contributed by atoms with Gasteiger partial charge in [-0.05, 0) is 84.5 Å². The lowest BCUT2D eigenvalue weighted by atomic mass is 9.73. The second-order valence-electron chi connectivity index (χ2n) is 12.2. The Morgan fingerprint density at radius 3 is 2.62 bits per heavy atom. The van der Waals surface area contributed by atoms with Crippen LogP contribution in [0.15, 0.2) is 41.1 Å². The average Bonchev–Trinajstić information content (AvgIpc) is 3.74. The van der Waals surface area contributed by atoms with Crippen LogP contribution in [0.5, 0.6) is 5.75 Å². The maximum absolute atomic E-state index is 13.3. The molecule has 5 amide bonds. The number of piperidine rings is 1. The van der Waals surface area contributed by atoms with E-state index >= 15 is 0 Å². The van der Waals surface area contributed by atoms with Crippen LogP contribution >= 0.6 is 11.3 Å². The van der Waals surface area contributed by atoms with E-state index in [2.05, 4.69) is 16.0 Å². The Labute approximate surface area is 266 Å². The molecule has 3 aliphatic rings. The molecule has 3 aliphatic heterocycles. The average molecular weight is 640 g/mol. The van der Waals surface area contributed by atoms with Crippen LogP contribution in [0.2, 0.25) is 0 Å². The summed E-state index contributed by atoms with van der Waals surface area (Å²) in [7, 11) is 0. The lowest BCUT2D eigenvalue weighted by molar-refractivity contribution is -0.142. The van der Waals surface area contributed by atoms with Crippen molar-refractivity contribution in [2.75, 3.05) is 39.4 Å². The molecule has 5 rings (SSSR count). The minimum atomic E-state index is -1.20. The second-order valence-corrected chi connectivity index (χ2v) is 13.0. The number of thiophene rings is 1. The van der Waals surface area contributed by atoms with E-state index in [1.165, 1.54) is 4.90 Å². The fourth-order valence-corrected chi connectivity index (χ4v) is 7.08. The van der Waals surface area contributed by atoms with E-state index in [0.29, 0.717) is 63.9 Å². The molecule has 2 saturated heterocycles. The second kappa shape index (κ2) is 14.4. The summed E-state index contributed by atoms with van der Waals surface area (Å²) < 4.78 is 5.78. The molecule has 0 aliphatic carbocycles. The van der Waals surface area contributed by atoms with Crippen molar-refractivity contribution in [2.45, 2.75) is 63.6 Å². The highest BCUT2D eigenvalue weighted by Gasteiger charge is 2.39. The number of fused-ring (bicyclic) bond motifs is 3. The highest BCUT2D eigenvalue weighted by molar-refractivity contribution is 7.08. The minimum Gasteiger partial charge on any atom is -0.484 e. The summed E-state index contributed by atoms with van der Waals surface area (Å²) in [6, 6.07) is 6.46. The lowest BCUT2D eigenvalue weighted by Gasteiger charge is -2.42. The molecule has 1 aromatic heterocycles. The molecule has 0 unspecified atom stereocenters. The van der Waals surface area contributed by atoms with Crippen LogP contribution in [-0.2, 0) is 36.8 Å². The summed E-state index contributed by atoms with van der Waals surface area (Å²) in [5, 5.41) is 22.3. The van der Waals surface area contributed by atoms with E-state index < -0.39 is 53.8 Å². The molecule has 4 heterocycles. The number of aliphatic hydroxyl groups is 1. The fourth-order valence-electron chi connectivity index (χ4n) is 6.41. The zero-order valence-corrected chi connectivity index (χ0v) is 26.3. The molecule has 2 fully saturated rings. The Morgan fingerprint density at radius 2 is 1.89 bits per heavy atom. The van der Waals surface area contributed by atoms with Crippen molar-refractivity contribution in [3.8, 4) is 5.75 Å². The van der Waals surface area contributed by atoms with E-state index in [9.17, 15) is 29.1 Å². The van der Waals surface area contributed by atoms with Gasteiger partial charge in [0.05, 0.1) is 13.0 Å². The number of likely N-dealkylation sites (tertiary alicyclic amines) is 1. The number of ether oxygens (including phenoxy) is 1. The molecule has 45 heavy (non-hydrogen) atoms. The Morgan fingerprint density at radius 1 is 1.09 bits per heavy atom. The Bertz CT molecular complexity index is 1390. The number of hydrogen-bond acceptors (Lipinski definition) is 8. The first kappa shape index (κ1) is 32.4. The van der Waals surface area contributed by atoms with Gasteiger partial charge in [0.1, 0.15) is 23.9 Å². The van der Waals surface area contributed by atoms with E-state index in [1.807, 2.05) is 39.9 Å². The molecule has 2 bridgehead atoms. The van der Waals surface area contributed by atoms with Gasteiger partial charge >= 0.3 is 0 Å². The zero-order valence-electron chi connectivity index (χ0n) is 25.5. The summed E-state index contributed by atoms with van der Waals surface area (Å²) in [5.74, 6) is -1.37. The Kier molecular flexibility index (Phi) is 10.4. The van der Waals surface area contributed by atoms with Gasteiger partial charge < -0.3 is 35.6 Å². The van der Waals surface area contributed by atoms with Crippen LogP contribution in [0.4, 0.5) is 0 Å². The fraction of sp³-hybridized carbons (Fsp3) is 0.531. The van der Waals surface area contributed by atoms with Crippen LogP contribution in [-0.4, -0.2) is 102 Å². The van der Waals surface area contributed by atoms with Crippen molar-refractivity contribution in [1.82, 2.24) is 25.8 Å². The van der Waals surface area contributed by atoms with Crippen molar-refractivity contribution >= 4 is 40.9 Å². The number of aliphatic hydroxyl groups excluding tert-OH is 1. The predicted octanol–water partition coefficient (Wildman–Crippen LogP) is 0.624. The number of benzene rings is 1. The maximum atomic E-state index is 13.3. The first-order chi connectivity index (χ1) is 21.7. The van der Waals surface area contributed by atoms with Crippen LogP contribution in [0.25, 0.3) is 0 Å². The molecule has 242 valence electrons. The van der Waals surface area contributed by atoms with Gasteiger partial charge in [0.25, 0.3) is 5.91 Å². The van der Waals surface area contributed by atoms with Crippen molar-refractivity contribution < 1.29 is 33.8 Å². The Balaban J connectivity index is 1.36. The molecule has 3 atom stereocenters. The third-order valence-electron chi connectivity index (χ3n) is 9.00. The van der Waals surface area contributed by atoms with E-state index in [1.54, 1.807) is 24.3 Å². The summed E-state index contributed by atoms with van der Waals surface area (Å²) in [6.07, 6.45) is 3.17. The molecular weight excluding hydrogens is 598 g/mol. The van der Waals surface area contributed by atoms with Gasteiger partial charge in [-0.3, -0.25) is 24.0 Å². The SMILES string of the molecule is C[C@@H]1NC(=O)COc2cccc(c2)CC2(CCN(C(=O)Cc3ccsc3)CC2)CNC(=O)[C@H](CO)NC(=O)[C@@H]2CCCN2C1=O. The lowest BCUT2D eigenvalue weighted by Crippen LogP contribution is -2.57. The highest BCUT2D eigenvalue weighted by Crippen LogP contribution is 2.36. The van der Waals surface area contributed by atoms with Gasteiger partial charge in [-0.1, -0.05) is 12.1 Å². The van der Waals surface area contributed by atoms with Crippen molar-refractivity contribution in [1.29, 1.82) is 0 Å². The monoisotopic (exact) mass is 639 g/mol. The van der Waals surface area contributed by atoms with Crippen LogP contribution in [0.1, 0.15) is 43.7 Å². The predicted molar refractivity (Wildman–Crippen MR) is 166 cm³/mol. The number of rotatable bonds is 3. The first-order valence-electron chi connectivity index (χ1n) is 15.5. The molecule has 2 aromatic rings. The Hall–Kier alpha value is -3.97. The number of carbonyl (C=O) groups excluding carboxylic acids is 5. The number of amides is 5. The summed E-state index contributed by atoms with van der Waals surface area (Å²) in [4.78, 5) is 68.7. The van der Waals surface area contributed by atoms with Crippen molar-refractivity contribution in [3.63, 3.8) is 0 Å². The number of nitrogens with zero attached hydrogens (tertiary/aromatic N) is 2. The van der Waals surface area contributed by atoms with E-state index in [0.717, 1.165) is 11.1 Å². The standard InChI is InChI=1S/C32H41N5O7S/c1-21-31(43)37-10-3-6-26(37)30(42)35-25(17-38)29(41)33-20-32(16-22-4-2-5-24(14-22)44-18-27(39)34-21)8-11-36(12-9-32)28(40)15-23-7-13-45-19-23/h2,4-5,7,13-14,19,21,25-26,38H,3,6,8-12,15-18,20H2,1H3,(H,33,41)(H,34,39)(H,35,42)/t21-,25-,26-/m0/s1. The van der Waals surface area contributed by atoms with Gasteiger partial charge in [-0.25, -0.2) is 0 Å². The topological polar surface area (TPSA) is 157 Å². The summed E-state index contributed by atoms with van der Waals surface area (Å²) in [6.45, 7) is 2.32. The van der Waals surface area contributed by atoms with Crippen LogP contribution < -0.4 is 20.7 Å². The van der Waals surface area contributed by atoms with Crippen LogP contribution in [0.3, 0.4) is 0 Å². The molecule has 0 saturated carbocycles. The van der Waals surface area contributed by atoms with Crippen LogP contribution in [0, 0.1) is 5.41 Å². The molecular formula is C32H41N5O7S. The van der Waals surface area contributed by atoms with E-state index in [4.69, 9.17) is 4.74 Å². The highest BCUT2D eigenvalue weighted by atomic mass is 32.1. The van der Waals surface area contributed by atoms with Gasteiger partial charge in [0, 0.05) is 26.2 Å². The molecule has 4 N–H and O–H groups in total. The zero-order chi connectivity index (χ0) is 32.0. The third kappa shape index (κ3) is 8.01. The van der Waals surface area contributed by atoms with Gasteiger partial charge in [-0.2, -0.15) is 11.3 Å². The minimum absolute atomic E-state index is 0.0638. The quantitative estimate of drug-likeness (QED) is 0.384. The molecule has 13 heteroatoms. The van der Waals surface area contributed by atoms with Gasteiger partial charge in [0.2, 0.25) is 23.6 Å². The maximum Gasteiger partial charge on any atom is 0.258 e. The largest absolute Gasteiger partial charge is 0.484 e. The third-order valence-corrected chi connectivity index (χ3v) is 9.73. The number of nitrogens with one attached hydrogen (secondary N) is 3. The summed E-state index contributed by atoms with van der Waals surface area (Å²) in [5.41, 5.74) is 1.52. The number of carbonyl (C=O) groups is 5. The van der Waals surface area contributed by atoms with Crippen molar-refractivity contribution in [3.05, 3.63) is 52.2 Å². The molecule has 0 radical (unpaired) electrons. The first-order valence-corrected chi connectivity index (χ1v) is 16.4. The molecule has 1 aromatic carbocycles. The van der Waals surface area contributed by atoms with Gasteiger partial charge in [-0.15, -0.1) is 0 Å².